The summed E-state index contributed by atoms with van der Waals surface area (Å²) < 4.78 is 83.8. The Morgan fingerprint density at radius 3 is 2.23 bits per heavy atom. The molecule has 1 saturated heterocycles. The van der Waals surface area contributed by atoms with Crippen molar-refractivity contribution in [3.63, 3.8) is 0 Å². The van der Waals surface area contributed by atoms with Crippen LogP contribution in [-0.2, 0) is 17.1 Å². The standard InChI is InChI=1S/C18H24F6N4O2/c1-10(11-5-12(17(19,20)21)7-13(6-11)18(22,23)24)30-9-16(2)4-3-14(8-26-16)27-15(29)28-25/h5-7,10,14,26H,3-4,8-9,25H2,1-2H3,(H2,27,28,29)/t10-,14+,16-/m1/s1. The van der Waals surface area contributed by atoms with E-state index >= 15 is 0 Å². The Balaban J connectivity index is 2.06. The van der Waals surface area contributed by atoms with Crippen LogP contribution in [-0.4, -0.2) is 30.8 Å². The molecule has 1 aromatic carbocycles. The molecule has 3 atom stereocenters. The van der Waals surface area contributed by atoms with Gasteiger partial charge in [-0.25, -0.2) is 10.6 Å². The van der Waals surface area contributed by atoms with Gasteiger partial charge in [-0.2, -0.15) is 26.3 Å². The third-order valence-corrected chi connectivity index (χ3v) is 5.02. The van der Waals surface area contributed by atoms with Gasteiger partial charge in [0.05, 0.1) is 23.8 Å². The van der Waals surface area contributed by atoms with Crippen LogP contribution in [0.5, 0.6) is 0 Å². The summed E-state index contributed by atoms with van der Waals surface area (Å²) in [7, 11) is 0. The largest absolute Gasteiger partial charge is 0.416 e. The monoisotopic (exact) mass is 442 g/mol. The molecule has 0 aliphatic carbocycles. The number of nitrogens with one attached hydrogen (secondary N) is 3. The number of carbonyl (C=O) groups excluding carboxylic acids is 1. The van der Waals surface area contributed by atoms with Crippen LogP contribution in [0.3, 0.4) is 0 Å². The average molecular weight is 442 g/mol. The van der Waals surface area contributed by atoms with Crippen LogP contribution < -0.4 is 21.9 Å². The predicted molar refractivity (Wildman–Crippen MR) is 96.1 cm³/mol. The number of amides is 2. The first-order chi connectivity index (χ1) is 13.7. The van der Waals surface area contributed by atoms with E-state index in [-0.39, 0.29) is 24.3 Å². The first kappa shape index (κ1) is 24.2. The number of ether oxygens (including phenoxy) is 1. The number of piperidine rings is 1. The molecule has 0 radical (unpaired) electrons. The second kappa shape index (κ2) is 8.98. The maximum Gasteiger partial charge on any atom is 0.416 e. The smallest absolute Gasteiger partial charge is 0.372 e. The van der Waals surface area contributed by atoms with Crippen LogP contribution in [0, 0.1) is 0 Å². The number of hydrogen-bond donors (Lipinski definition) is 4. The lowest BCUT2D eigenvalue weighted by atomic mass is 9.89. The van der Waals surface area contributed by atoms with Gasteiger partial charge in [0.2, 0.25) is 0 Å². The zero-order valence-corrected chi connectivity index (χ0v) is 16.4. The summed E-state index contributed by atoms with van der Waals surface area (Å²) in [5, 5.41) is 5.83. The fourth-order valence-electron chi connectivity index (χ4n) is 3.15. The summed E-state index contributed by atoms with van der Waals surface area (Å²) in [6.45, 7) is 3.69. The highest BCUT2D eigenvalue weighted by Crippen LogP contribution is 2.38. The highest BCUT2D eigenvalue weighted by atomic mass is 19.4. The molecule has 0 unspecified atom stereocenters. The van der Waals surface area contributed by atoms with Gasteiger partial charge >= 0.3 is 18.4 Å². The summed E-state index contributed by atoms with van der Waals surface area (Å²) in [5.74, 6) is 5.01. The number of halogens is 6. The normalized spacial score (nSPS) is 23.7. The number of hydrogen-bond acceptors (Lipinski definition) is 4. The van der Waals surface area contributed by atoms with Gasteiger partial charge in [-0.15, -0.1) is 0 Å². The second-order valence-corrected chi connectivity index (χ2v) is 7.59. The molecule has 1 aliphatic heterocycles. The third-order valence-electron chi connectivity index (χ3n) is 5.02. The Bertz CT molecular complexity index is 713. The van der Waals surface area contributed by atoms with E-state index in [0.29, 0.717) is 31.5 Å². The number of urea groups is 1. The van der Waals surface area contributed by atoms with Crippen molar-refractivity contribution in [3.05, 3.63) is 34.9 Å². The molecule has 0 bridgehead atoms. The number of carbonyl (C=O) groups is 1. The minimum Gasteiger partial charge on any atom is -0.372 e. The van der Waals surface area contributed by atoms with Gasteiger partial charge in [-0.1, -0.05) is 0 Å². The minimum atomic E-state index is -4.91. The van der Waals surface area contributed by atoms with Crippen LogP contribution in [0.2, 0.25) is 0 Å². The van der Waals surface area contributed by atoms with Gasteiger partial charge in [0.25, 0.3) is 0 Å². The van der Waals surface area contributed by atoms with Gasteiger partial charge in [0, 0.05) is 18.1 Å². The van der Waals surface area contributed by atoms with Crippen molar-refractivity contribution in [2.75, 3.05) is 13.2 Å². The van der Waals surface area contributed by atoms with E-state index in [1.54, 1.807) is 0 Å². The van der Waals surface area contributed by atoms with Crippen molar-refractivity contribution in [3.8, 4) is 0 Å². The molecular weight excluding hydrogens is 418 g/mol. The Hall–Kier alpha value is -2.05. The van der Waals surface area contributed by atoms with E-state index in [0.717, 1.165) is 0 Å². The summed E-state index contributed by atoms with van der Waals surface area (Å²) >= 11 is 0. The molecule has 1 fully saturated rings. The first-order valence-corrected chi connectivity index (χ1v) is 9.16. The quantitative estimate of drug-likeness (QED) is 0.243. The SMILES string of the molecule is C[C@@H](OC[C@@]1(C)CC[C@H](NC(=O)NN)CN1)c1cc(C(F)(F)F)cc(C(F)(F)F)c1. The molecular formula is C18H24F6N4O2. The third kappa shape index (κ3) is 6.47. The van der Waals surface area contributed by atoms with Gasteiger partial charge in [0.15, 0.2) is 0 Å². The maximum atomic E-state index is 13.0. The highest BCUT2D eigenvalue weighted by molar-refractivity contribution is 5.73. The molecule has 1 aromatic rings. The van der Waals surface area contributed by atoms with Crippen LogP contribution in [0.4, 0.5) is 31.1 Å². The number of benzene rings is 1. The summed E-state index contributed by atoms with van der Waals surface area (Å²) in [6.07, 6.45) is -9.66. The van der Waals surface area contributed by atoms with E-state index in [1.807, 2.05) is 12.3 Å². The Kier molecular flexibility index (Phi) is 7.25. The van der Waals surface area contributed by atoms with Crippen LogP contribution in [0.1, 0.15) is 49.5 Å². The number of rotatable bonds is 5. The van der Waals surface area contributed by atoms with Crippen molar-refractivity contribution in [2.45, 2.75) is 56.7 Å². The van der Waals surface area contributed by atoms with E-state index in [4.69, 9.17) is 10.6 Å². The van der Waals surface area contributed by atoms with E-state index in [9.17, 15) is 31.1 Å². The van der Waals surface area contributed by atoms with E-state index < -0.39 is 41.2 Å². The van der Waals surface area contributed by atoms with E-state index in [1.165, 1.54) is 6.92 Å². The Morgan fingerprint density at radius 1 is 1.23 bits per heavy atom. The van der Waals surface area contributed by atoms with Gasteiger partial charge in [-0.05, 0) is 50.5 Å². The molecule has 30 heavy (non-hydrogen) atoms. The molecule has 0 spiro atoms. The predicted octanol–water partition coefficient (Wildman–Crippen LogP) is 3.49. The molecule has 2 rings (SSSR count). The van der Waals surface area contributed by atoms with Crippen molar-refractivity contribution in [2.24, 2.45) is 5.84 Å². The maximum absolute atomic E-state index is 13.0. The number of hydrazine groups is 1. The zero-order valence-electron chi connectivity index (χ0n) is 16.4. The fourth-order valence-corrected chi connectivity index (χ4v) is 3.15. The van der Waals surface area contributed by atoms with Gasteiger partial charge < -0.3 is 15.4 Å². The summed E-state index contributed by atoms with van der Waals surface area (Å²) in [5.41, 5.74) is -1.56. The molecule has 6 nitrogen and oxygen atoms in total. The second-order valence-electron chi connectivity index (χ2n) is 7.59. The van der Waals surface area contributed by atoms with Crippen molar-refractivity contribution < 1.29 is 35.9 Å². The van der Waals surface area contributed by atoms with Crippen LogP contribution in [0.25, 0.3) is 0 Å². The minimum absolute atomic E-state index is 0.0571. The number of nitrogens with two attached hydrogens (primary N) is 1. The lowest BCUT2D eigenvalue weighted by Crippen LogP contribution is -2.58. The average Bonchev–Trinajstić information content (AvgIpc) is 2.66. The topological polar surface area (TPSA) is 88.4 Å². The lowest BCUT2D eigenvalue weighted by molar-refractivity contribution is -0.143. The van der Waals surface area contributed by atoms with Crippen molar-refractivity contribution >= 4 is 6.03 Å². The number of alkyl halides is 6. The molecule has 5 N–H and O–H groups in total. The fraction of sp³-hybridized carbons (Fsp3) is 0.611. The molecule has 170 valence electrons. The molecule has 1 aliphatic rings. The first-order valence-electron chi connectivity index (χ1n) is 9.16. The highest BCUT2D eigenvalue weighted by Gasteiger charge is 2.38. The summed E-state index contributed by atoms with van der Waals surface area (Å²) in [6, 6.07) is 0.728. The van der Waals surface area contributed by atoms with Gasteiger partial charge in [0.1, 0.15) is 0 Å². The van der Waals surface area contributed by atoms with Gasteiger partial charge in [-0.3, -0.25) is 5.43 Å². The van der Waals surface area contributed by atoms with E-state index in [2.05, 4.69) is 10.6 Å². The van der Waals surface area contributed by atoms with Crippen molar-refractivity contribution in [1.29, 1.82) is 0 Å². The Morgan fingerprint density at radius 2 is 1.80 bits per heavy atom. The lowest BCUT2D eigenvalue weighted by Gasteiger charge is -2.39. The molecule has 0 aromatic heterocycles. The molecule has 12 heteroatoms. The molecule has 1 heterocycles. The Labute approximate surface area is 169 Å². The molecule has 2 amide bonds. The summed E-state index contributed by atoms with van der Waals surface area (Å²) in [4.78, 5) is 11.2. The molecule has 0 saturated carbocycles. The van der Waals surface area contributed by atoms with Crippen LogP contribution in [0.15, 0.2) is 18.2 Å². The van der Waals surface area contributed by atoms with Crippen molar-refractivity contribution in [1.82, 2.24) is 16.1 Å². The zero-order chi connectivity index (χ0) is 22.7. The van der Waals surface area contributed by atoms with Crippen LogP contribution >= 0.6 is 0 Å².